The molecule has 0 aliphatic rings. The fourth-order valence-corrected chi connectivity index (χ4v) is 1.93. The van der Waals surface area contributed by atoms with Crippen LogP contribution in [0, 0.1) is 11.6 Å². The van der Waals surface area contributed by atoms with Crippen LogP contribution in [0.3, 0.4) is 0 Å². The van der Waals surface area contributed by atoms with E-state index in [0.717, 1.165) is 16.6 Å². The highest BCUT2D eigenvalue weighted by molar-refractivity contribution is 9.10. The molecule has 0 spiro atoms. The van der Waals surface area contributed by atoms with Crippen molar-refractivity contribution in [2.75, 3.05) is 0 Å². The maximum Gasteiger partial charge on any atom is 0.159 e. The minimum Gasteiger partial charge on any atom is -0.489 e. The van der Waals surface area contributed by atoms with Crippen LogP contribution in [0.1, 0.15) is 11.1 Å². The molecule has 2 nitrogen and oxygen atoms in total. The topological polar surface area (TPSA) is 29.5 Å². The number of hydrogen-bond acceptors (Lipinski definition) is 2. The van der Waals surface area contributed by atoms with Gasteiger partial charge in [0.25, 0.3) is 0 Å². The molecular weight excluding hydrogens is 318 g/mol. The van der Waals surface area contributed by atoms with Gasteiger partial charge in [-0.15, -0.1) is 0 Å². The van der Waals surface area contributed by atoms with Gasteiger partial charge in [-0.05, 0) is 41.5 Å². The predicted octanol–water partition coefficient (Wildman–Crippen LogP) is 3.80. The van der Waals surface area contributed by atoms with E-state index in [2.05, 4.69) is 15.9 Å². The van der Waals surface area contributed by atoms with Gasteiger partial charge in [0.05, 0.1) is 6.61 Å². The summed E-state index contributed by atoms with van der Waals surface area (Å²) in [5, 5.41) is 9.12. The molecule has 0 bridgehead atoms. The third kappa shape index (κ3) is 3.52. The molecule has 2 aromatic carbocycles. The SMILES string of the molecule is OCc1cc(OCc2ccc(F)c(F)c2)ccc1Br. The Morgan fingerprint density at radius 3 is 2.53 bits per heavy atom. The smallest absolute Gasteiger partial charge is 0.159 e. The first kappa shape index (κ1) is 14.0. The fraction of sp³-hybridized carbons (Fsp3) is 0.143. The van der Waals surface area contributed by atoms with E-state index in [0.29, 0.717) is 16.9 Å². The number of aliphatic hydroxyl groups is 1. The monoisotopic (exact) mass is 328 g/mol. The Hall–Kier alpha value is -1.46. The number of rotatable bonds is 4. The zero-order chi connectivity index (χ0) is 13.8. The minimum absolute atomic E-state index is 0.108. The highest BCUT2D eigenvalue weighted by Gasteiger charge is 2.05. The molecule has 0 saturated heterocycles. The van der Waals surface area contributed by atoms with E-state index >= 15 is 0 Å². The van der Waals surface area contributed by atoms with Crippen molar-refractivity contribution in [3.8, 4) is 5.75 Å². The van der Waals surface area contributed by atoms with Gasteiger partial charge in [-0.3, -0.25) is 0 Å². The average molecular weight is 329 g/mol. The van der Waals surface area contributed by atoms with Gasteiger partial charge in [0.1, 0.15) is 12.4 Å². The number of aliphatic hydroxyl groups excluding tert-OH is 1. The minimum atomic E-state index is -0.895. The van der Waals surface area contributed by atoms with Crippen molar-refractivity contribution in [2.45, 2.75) is 13.2 Å². The van der Waals surface area contributed by atoms with Crippen LogP contribution >= 0.6 is 15.9 Å². The van der Waals surface area contributed by atoms with Crippen LogP contribution in [0.4, 0.5) is 8.78 Å². The summed E-state index contributed by atoms with van der Waals surface area (Å²) < 4.78 is 32.0. The van der Waals surface area contributed by atoms with Gasteiger partial charge in [0.2, 0.25) is 0 Å². The molecular formula is C14H11BrF2O2. The Labute approximate surface area is 117 Å². The first-order valence-corrected chi connectivity index (χ1v) is 6.35. The third-order valence-corrected chi connectivity index (χ3v) is 3.35. The van der Waals surface area contributed by atoms with E-state index in [9.17, 15) is 8.78 Å². The standard InChI is InChI=1S/C14H11BrF2O2/c15-12-3-2-11(6-10(12)7-18)19-8-9-1-4-13(16)14(17)5-9/h1-6,18H,7-8H2. The highest BCUT2D eigenvalue weighted by Crippen LogP contribution is 2.23. The largest absolute Gasteiger partial charge is 0.489 e. The Kier molecular flexibility index (Phi) is 4.50. The van der Waals surface area contributed by atoms with Crippen LogP contribution in [-0.2, 0) is 13.2 Å². The zero-order valence-electron chi connectivity index (χ0n) is 9.87. The average Bonchev–Trinajstić information content (AvgIpc) is 2.41. The van der Waals surface area contributed by atoms with Gasteiger partial charge in [-0.2, -0.15) is 0 Å². The number of hydrogen-bond donors (Lipinski definition) is 1. The van der Waals surface area contributed by atoms with Gasteiger partial charge >= 0.3 is 0 Å². The molecule has 0 heterocycles. The molecule has 0 radical (unpaired) electrons. The summed E-state index contributed by atoms with van der Waals surface area (Å²) in [6.07, 6.45) is 0. The summed E-state index contributed by atoms with van der Waals surface area (Å²) >= 11 is 3.30. The maximum absolute atomic E-state index is 13.0. The summed E-state index contributed by atoms with van der Waals surface area (Å²) in [6, 6.07) is 8.79. The van der Waals surface area contributed by atoms with Crippen LogP contribution in [0.15, 0.2) is 40.9 Å². The second-order valence-electron chi connectivity index (χ2n) is 3.95. The van der Waals surface area contributed by atoms with Crippen LogP contribution < -0.4 is 4.74 Å². The number of benzene rings is 2. The van der Waals surface area contributed by atoms with Gasteiger partial charge in [0, 0.05) is 4.47 Å². The van der Waals surface area contributed by atoms with Gasteiger partial charge in [-0.1, -0.05) is 22.0 Å². The maximum atomic E-state index is 13.0. The molecule has 0 aliphatic carbocycles. The molecule has 100 valence electrons. The molecule has 2 rings (SSSR count). The third-order valence-electron chi connectivity index (χ3n) is 2.58. The lowest BCUT2D eigenvalue weighted by atomic mass is 10.2. The van der Waals surface area contributed by atoms with Crippen molar-refractivity contribution in [1.82, 2.24) is 0 Å². The summed E-state index contributed by atoms with van der Waals surface area (Å²) in [6.45, 7) is 0.0205. The fourth-order valence-electron chi connectivity index (χ4n) is 1.56. The Balaban J connectivity index is 2.07. The van der Waals surface area contributed by atoms with E-state index in [-0.39, 0.29) is 13.2 Å². The molecule has 5 heteroatoms. The molecule has 19 heavy (non-hydrogen) atoms. The summed E-state index contributed by atoms with van der Waals surface area (Å²) in [5.74, 6) is -1.22. The Morgan fingerprint density at radius 1 is 1.05 bits per heavy atom. The van der Waals surface area contributed by atoms with E-state index in [1.165, 1.54) is 6.07 Å². The second kappa shape index (κ2) is 6.12. The lowest BCUT2D eigenvalue weighted by Crippen LogP contribution is -1.98. The molecule has 0 aliphatic heterocycles. The van der Waals surface area contributed by atoms with E-state index < -0.39 is 11.6 Å². The molecule has 0 amide bonds. The molecule has 0 atom stereocenters. The molecule has 2 aromatic rings. The lowest BCUT2D eigenvalue weighted by molar-refractivity contribution is 0.277. The lowest BCUT2D eigenvalue weighted by Gasteiger charge is -2.09. The molecule has 0 fully saturated rings. The van der Waals surface area contributed by atoms with Crippen molar-refractivity contribution in [2.24, 2.45) is 0 Å². The Bertz CT molecular complexity index is 588. The molecule has 0 aromatic heterocycles. The number of halogens is 3. The van der Waals surface area contributed by atoms with Gasteiger partial charge < -0.3 is 9.84 Å². The second-order valence-corrected chi connectivity index (χ2v) is 4.80. The van der Waals surface area contributed by atoms with Crippen LogP contribution in [0.2, 0.25) is 0 Å². The van der Waals surface area contributed by atoms with Crippen LogP contribution in [0.5, 0.6) is 5.75 Å². The van der Waals surface area contributed by atoms with E-state index in [1.54, 1.807) is 18.2 Å². The predicted molar refractivity (Wildman–Crippen MR) is 70.8 cm³/mol. The molecule has 0 unspecified atom stereocenters. The summed E-state index contributed by atoms with van der Waals surface area (Å²) in [5.41, 5.74) is 1.23. The summed E-state index contributed by atoms with van der Waals surface area (Å²) in [7, 11) is 0. The van der Waals surface area contributed by atoms with Crippen molar-refractivity contribution in [3.63, 3.8) is 0 Å². The van der Waals surface area contributed by atoms with Crippen molar-refractivity contribution < 1.29 is 18.6 Å². The van der Waals surface area contributed by atoms with Gasteiger partial charge in [-0.25, -0.2) is 8.78 Å². The number of ether oxygens (including phenoxy) is 1. The van der Waals surface area contributed by atoms with Crippen LogP contribution in [-0.4, -0.2) is 5.11 Å². The van der Waals surface area contributed by atoms with Gasteiger partial charge in [0.15, 0.2) is 11.6 Å². The van der Waals surface area contributed by atoms with Crippen molar-refractivity contribution in [1.29, 1.82) is 0 Å². The molecule has 1 N–H and O–H groups in total. The van der Waals surface area contributed by atoms with E-state index in [4.69, 9.17) is 9.84 Å². The van der Waals surface area contributed by atoms with Crippen molar-refractivity contribution >= 4 is 15.9 Å². The Morgan fingerprint density at radius 2 is 1.84 bits per heavy atom. The van der Waals surface area contributed by atoms with Crippen molar-refractivity contribution in [3.05, 3.63) is 63.6 Å². The summed E-state index contributed by atoms with van der Waals surface area (Å²) in [4.78, 5) is 0. The first-order chi connectivity index (χ1) is 9.10. The first-order valence-electron chi connectivity index (χ1n) is 5.56. The molecule has 0 saturated carbocycles. The van der Waals surface area contributed by atoms with E-state index in [1.807, 2.05) is 0 Å². The van der Waals surface area contributed by atoms with Crippen LogP contribution in [0.25, 0.3) is 0 Å². The quantitative estimate of drug-likeness (QED) is 0.925. The zero-order valence-corrected chi connectivity index (χ0v) is 11.5. The normalized spacial score (nSPS) is 10.5. The highest BCUT2D eigenvalue weighted by atomic mass is 79.9.